The Morgan fingerprint density at radius 3 is 2.06 bits per heavy atom. The first-order valence-corrected chi connectivity index (χ1v) is 6.93. The molecule has 88 valence electrons. The summed E-state index contributed by atoms with van der Waals surface area (Å²) in [5.41, 5.74) is 0.307. The Morgan fingerprint density at radius 2 is 1.88 bits per heavy atom. The first-order chi connectivity index (χ1) is 7.48. The lowest BCUT2D eigenvalue weighted by atomic mass is 9.70. The number of Topliss-reactive ketones (excluding diaryl/α,β-unsaturated/α-hetero) is 1. The molecule has 0 saturated heterocycles. The van der Waals surface area contributed by atoms with E-state index in [0.29, 0.717) is 11.7 Å². The fourth-order valence-corrected chi connectivity index (χ4v) is 3.58. The van der Waals surface area contributed by atoms with Crippen LogP contribution in [0.4, 0.5) is 0 Å². The molecule has 2 aliphatic carbocycles. The molecule has 2 atom stereocenters. The van der Waals surface area contributed by atoms with Gasteiger partial charge in [0.15, 0.2) is 0 Å². The topological polar surface area (TPSA) is 17.1 Å². The normalized spacial score (nSPS) is 34.7. The van der Waals surface area contributed by atoms with E-state index in [9.17, 15) is 4.79 Å². The number of hydrogen-bond donors (Lipinski definition) is 0. The minimum absolute atomic E-state index is 0.0255. The molecule has 2 bridgehead atoms. The van der Waals surface area contributed by atoms with Crippen molar-refractivity contribution in [2.75, 3.05) is 0 Å². The number of carbonyl (C=O) groups is 1. The lowest BCUT2D eigenvalue weighted by Crippen LogP contribution is -2.32. The average molecular weight is 236 g/mol. The van der Waals surface area contributed by atoms with Gasteiger partial charge >= 0.3 is 0 Å². The maximum Gasteiger partial charge on any atom is 0.139 e. The third kappa shape index (κ3) is 1.64. The van der Waals surface area contributed by atoms with Gasteiger partial charge in [-0.1, -0.05) is 32.9 Å². The van der Waals surface area contributed by atoms with E-state index in [0.717, 1.165) is 12.8 Å². The van der Waals surface area contributed by atoms with Gasteiger partial charge < -0.3 is 0 Å². The predicted molar refractivity (Wildman–Crippen MR) is 68.6 cm³/mol. The average Bonchev–Trinajstić information content (AvgIpc) is 2.88. The molecule has 2 aliphatic rings. The largest absolute Gasteiger partial charge is 0.299 e. The smallest absolute Gasteiger partial charge is 0.139 e. The van der Waals surface area contributed by atoms with Crippen LogP contribution in [0.15, 0.2) is 22.9 Å². The summed E-state index contributed by atoms with van der Waals surface area (Å²) < 4.78 is 0. The van der Waals surface area contributed by atoms with Crippen molar-refractivity contribution >= 4 is 17.1 Å². The van der Waals surface area contributed by atoms with Gasteiger partial charge in [-0.15, -0.1) is 0 Å². The molecule has 2 fully saturated rings. The summed E-state index contributed by atoms with van der Waals surface area (Å²) >= 11 is 1.71. The van der Waals surface area contributed by atoms with Gasteiger partial charge in [0.05, 0.1) is 0 Å². The quantitative estimate of drug-likeness (QED) is 0.661. The molecular formula is C14H20OS. The third-order valence-corrected chi connectivity index (χ3v) is 5.54. The molecule has 2 heteroatoms. The molecule has 1 heterocycles. The second-order valence-electron chi connectivity index (χ2n) is 5.71. The van der Waals surface area contributed by atoms with Gasteiger partial charge in [-0.2, -0.15) is 11.3 Å². The number of rotatable bonds is 0. The van der Waals surface area contributed by atoms with Crippen molar-refractivity contribution < 1.29 is 4.79 Å². The van der Waals surface area contributed by atoms with E-state index in [4.69, 9.17) is 0 Å². The highest BCUT2D eigenvalue weighted by atomic mass is 32.1. The third-order valence-electron chi connectivity index (χ3n) is 4.91. The van der Waals surface area contributed by atoms with Crippen molar-refractivity contribution in [3.63, 3.8) is 0 Å². The second kappa shape index (κ2) is 3.99. The van der Waals surface area contributed by atoms with Gasteiger partial charge in [-0.25, -0.2) is 0 Å². The molecule has 0 aromatic carbocycles. The molecular weight excluding hydrogens is 216 g/mol. The molecule has 1 aromatic rings. The Labute approximate surface area is 102 Å². The van der Waals surface area contributed by atoms with Crippen molar-refractivity contribution in [2.45, 2.75) is 40.0 Å². The predicted octanol–water partition coefficient (Wildman–Crippen LogP) is 4.15. The number of fused-ring (bicyclic) bond motifs is 2. The number of hydrogen-bond acceptors (Lipinski definition) is 2. The maximum absolute atomic E-state index is 11.6. The summed E-state index contributed by atoms with van der Waals surface area (Å²) in [5, 5.41) is 4.08. The fraction of sp³-hybridized carbons (Fsp3) is 0.643. The van der Waals surface area contributed by atoms with Crippen LogP contribution in [0.25, 0.3) is 0 Å². The minimum atomic E-state index is 0.0255. The number of carbonyl (C=O) groups excluding carboxylic acids is 1. The van der Waals surface area contributed by atoms with E-state index in [1.165, 1.54) is 6.42 Å². The van der Waals surface area contributed by atoms with Gasteiger partial charge in [0, 0.05) is 11.8 Å². The Bertz CT molecular complexity index is 349. The second-order valence-corrected chi connectivity index (χ2v) is 6.53. The minimum Gasteiger partial charge on any atom is -0.299 e. The van der Waals surface area contributed by atoms with Crippen molar-refractivity contribution in [1.29, 1.82) is 0 Å². The Balaban J connectivity index is 0.000000162. The lowest BCUT2D eigenvalue weighted by molar-refractivity contribution is -0.128. The lowest BCUT2D eigenvalue weighted by Gasteiger charge is -2.32. The monoisotopic (exact) mass is 236 g/mol. The highest BCUT2D eigenvalue weighted by molar-refractivity contribution is 7.07. The summed E-state index contributed by atoms with van der Waals surface area (Å²) in [4.78, 5) is 11.6. The van der Waals surface area contributed by atoms with Crippen molar-refractivity contribution in [3.8, 4) is 0 Å². The standard InChI is InChI=1S/C10H16O.C4H4S/c1-9(2)7-4-5-10(9,3)8(11)6-7;1-2-4-5-3-1/h7H,4-6H2,1-3H3;1-4H. The van der Waals surface area contributed by atoms with Crippen LogP contribution in [0.5, 0.6) is 0 Å². The molecule has 2 unspecified atom stereocenters. The van der Waals surface area contributed by atoms with Crippen LogP contribution in [-0.2, 0) is 4.79 Å². The van der Waals surface area contributed by atoms with E-state index in [2.05, 4.69) is 20.8 Å². The zero-order valence-electron chi connectivity index (χ0n) is 10.3. The van der Waals surface area contributed by atoms with E-state index in [-0.39, 0.29) is 10.8 Å². The summed E-state index contributed by atoms with van der Waals surface area (Å²) in [5.74, 6) is 1.19. The summed E-state index contributed by atoms with van der Waals surface area (Å²) in [7, 11) is 0. The van der Waals surface area contributed by atoms with Gasteiger partial charge in [0.2, 0.25) is 0 Å². The summed E-state index contributed by atoms with van der Waals surface area (Å²) in [6.07, 6.45) is 3.25. The Kier molecular flexibility index (Phi) is 2.95. The number of thiophene rings is 1. The van der Waals surface area contributed by atoms with Gasteiger partial charge in [0.1, 0.15) is 5.78 Å². The summed E-state index contributed by atoms with van der Waals surface area (Å²) in [6, 6.07) is 4.04. The first-order valence-electron chi connectivity index (χ1n) is 5.99. The molecule has 1 aromatic heterocycles. The Hall–Kier alpha value is -0.630. The van der Waals surface area contributed by atoms with Gasteiger partial charge in [-0.05, 0) is 34.9 Å². The van der Waals surface area contributed by atoms with Gasteiger partial charge in [0.25, 0.3) is 0 Å². The van der Waals surface area contributed by atoms with Gasteiger partial charge in [-0.3, -0.25) is 4.79 Å². The van der Waals surface area contributed by atoms with Crippen LogP contribution in [0, 0.1) is 16.7 Å². The Morgan fingerprint density at radius 1 is 1.25 bits per heavy atom. The van der Waals surface area contributed by atoms with Crippen LogP contribution in [0.3, 0.4) is 0 Å². The highest BCUT2D eigenvalue weighted by Crippen LogP contribution is 2.63. The zero-order valence-corrected chi connectivity index (χ0v) is 11.1. The molecule has 0 amide bonds. The molecule has 0 spiro atoms. The van der Waals surface area contributed by atoms with E-state index in [1.807, 2.05) is 22.9 Å². The molecule has 0 radical (unpaired) electrons. The van der Waals surface area contributed by atoms with Crippen LogP contribution >= 0.6 is 11.3 Å². The zero-order chi connectivity index (χ0) is 11.8. The van der Waals surface area contributed by atoms with Crippen LogP contribution in [0.1, 0.15) is 40.0 Å². The van der Waals surface area contributed by atoms with Crippen LogP contribution in [0.2, 0.25) is 0 Å². The van der Waals surface area contributed by atoms with Crippen molar-refractivity contribution in [1.82, 2.24) is 0 Å². The van der Waals surface area contributed by atoms with Crippen molar-refractivity contribution in [3.05, 3.63) is 22.9 Å². The molecule has 0 N–H and O–H groups in total. The summed E-state index contributed by atoms with van der Waals surface area (Å²) in [6.45, 7) is 6.67. The van der Waals surface area contributed by atoms with Crippen molar-refractivity contribution in [2.24, 2.45) is 16.7 Å². The van der Waals surface area contributed by atoms with Crippen LogP contribution < -0.4 is 0 Å². The van der Waals surface area contributed by atoms with E-state index in [1.54, 1.807) is 11.3 Å². The van der Waals surface area contributed by atoms with E-state index < -0.39 is 0 Å². The molecule has 2 saturated carbocycles. The SMILES string of the molecule is CC12CCC(CC1=O)C2(C)C.c1ccsc1. The highest BCUT2D eigenvalue weighted by Gasteiger charge is 2.61. The number of ketones is 1. The van der Waals surface area contributed by atoms with E-state index >= 15 is 0 Å². The molecule has 16 heavy (non-hydrogen) atoms. The first kappa shape index (κ1) is 11.8. The molecule has 1 nitrogen and oxygen atoms in total. The maximum atomic E-state index is 11.6. The molecule has 3 rings (SSSR count). The fourth-order valence-electron chi connectivity index (χ4n) is 3.13. The van der Waals surface area contributed by atoms with Crippen LogP contribution in [-0.4, -0.2) is 5.78 Å². The molecule has 0 aliphatic heterocycles.